The molecular formula is C16H15F3N2O. The number of halogens is 3. The molecule has 1 aromatic heterocycles. The van der Waals surface area contributed by atoms with Crippen LogP contribution in [-0.2, 0) is 6.54 Å². The van der Waals surface area contributed by atoms with Gasteiger partial charge >= 0.3 is 6.18 Å². The first-order chi connectivity index (χ1) is 10.5. The number of benzene rings is 1. The Morgan fingerprint density at radius 1 is 1.09 bits per heavy atom. The quantitative estimate of drug-likeness (QED) is 0.844. The van der Waals surface area contributed by atoms with E-state index in [2.05, 4.69) is 4.98 Å². The van der Waals surface area contributed by atoms with E-state index >= 15 is 0 Å². The van der Waals surface area contributed by atoms with E-state index in [0.29, 0.717) is 0 Å². The number of amides is 1. The lowest BCUT2D eigenvalue weighted by Crippen LogP contribution is -2.33. The molecule has 0 bridgehead atoms. The lowest BCUT2D eigenvalue weighted by molar-refractivity contribution is -0.136. The van der Waals surface area contributed by atoms with Crippen LogP contribution in [-0.4, -0.2) is 28.5 Å². The van der Waals surface area contributed by atoms with E-state index in [0.717, 1.165) is 5.56 Å². The molecule has 0 radical (unpaired) electrons. The number of aromatic nitrogens is 1. The van der Waals surface area contributed by atoms with E-state index in [-0.39, 0.29) is 18.7 Å². The number of carbonyl (C=O) groups is 1. The highest BCUT2D eigenvalue weighted by Gasteiger charge is 2.29. The molecule has 0 aliphatic rings. The van der Waals surface area contributed by atoms with E-state index in [1.807, 2.05) is 6.07 Å². The van der Waals surface area contributed by atoms with Gasteiger partial charge in [0.05, 0.1) is 12.0 Å². The van der Waals surface area contributed by atoms with Crippen molar-refractivity contribution in [3.05, 3.63) is 66.0 Å². The Labute approximate surface area is 126 Å². The van der Waals surface area contributed by atoms with Crippen LogP contribution in [0.3, 0.4) is 0 Å². The van der Waals surface area contributed by atoms with E-state index in [4.69, 9.17) is 0 Å². The molecule has 0 saturated heterocycles. The smallest absolute Gasteiger partial charge is 0.334 e. The van der Waals surface area contributed by atoms with Gasteiger partial charge in [0.1, 0.15) is 0 Å². The average molecular weight is 308 g/mol. The maximum Gasteiger partial charge on any atom is 0.390 e. The Morgan fingerprint density at radius 3 is 2.41 bits per heavy atom. The largest absolute Gasteiger partial charge is 0.390 e. The van der Waals surface area contributed by atoms with Gasteiger partial charge in [-0.05, 0) is 17.7 Å². The second-order valence-electron chi connectivity index (χ2n) is 4.82. The highest BCUT2D eigenvalue weighted by molar-refractivity contribution is 5.93. The lowest BCUT2D eigenvalue weighted by atomic mass is 10.1. The summed E-state index contributed by atoms with van der Waals surface area (Å²) in [5.74, 6) is -0.457. The fourth-order valence-corrected chi connectivity index (χ4v) is 1.99. The molecule has 6 heteroatoms. The molecule has 0 spiro atoms. The molecule has 116 valence electrons. The first-order valence-corrected chi connectivity index (χ1v) is 6.76. The number of rotatable bonds is 5. The van der Waals surface area contributed by atoms with Crippen LogP contribution in [0.1, 0.15) is 22.3 Å². The van der Waals surface area contributed by atoms with Gasteiger partial charge in [-0.3, -0.25) is 9.78 Å². The Bertz CT molecular complexity index is 600. The summed E-state index contributed by atoms with van der Waals surface area (Å²) in [6.45, 7) is -0.253. The van der Waals surface area contributed by atoms with Crippen molar-refractivity contribution in [2.75, 3.05) is 6.54 Å². The van der Waals surface area contributed by atoms with Crippen LogP contribution in [0.25, 0.3) is 0 Å². The minimum Gasteiger partial charge on any atom is -0.334 e. The number of pyridine rings is 1. The van der Waals surface area contributed by atoms with Crippen LogP contribution >= 0.6 is 0 Å². The Hall–Kier alpha value is -2.37. The standard InChI is InChI=1S/C16H15F3N2O/c17-16(18,19)8-10-21(12-13-5-2-1-3-6-13)15(22)14-7-4-9-20-11-14/h1-7,9,11H,8,10,12H2. The van der Waals surface area contributed by atoms with Crippen molar-refractivity contribution in [1.82, 2.24) is 9.88 Å². The zero-order valence-corrected chi connectivity index (χ0v) is 11.8. The van der Waals surface area contributed by atoms with E-state index in [1.165, 1.54) is 17.3 Å². The Balaban J connectivity index is 2.15. The van der Waals surface area contributed by atoms with Gasteiger partial charge in [-0.15, -0.1) is 0 Å². The molecule has 1 amide bonds. The SMILES string of the molecule is O=C(c1cccnc1)N(CCC(F)(F)F)Cc1ccccc1. The number of alkyl halides is 3. The van der Waals surface area contributed by atoms with Crippen LogP contribution in [0.2, 0.25) is 0 Å². The molecule has 2 aromatic rings. The van der Waals surface area contributed by atoms with Crippen LogP contribution in [0.4, 0.5) is 13.2 Å². The van der Waals surface area contributed by atoms with Gasteiger partial charge in [0.2, 0.25) is 0 Å². The molecule has 1 aromatic carbocycles. The van der Waals surface area contributed by atoms with Crippen molar-refractivity contribution in [2.45, 2.75) is 19.1 Å². The van der Waals surface area contributed by atoms with E-state index < -0.39 is 18.5 Å². The van der Waals surface area contributed by atoms with Crippen molar-refractivity contribution in [3.8, 4) is 0 Å². The first-order valence-electron chi connectivity index (χ1n) is 6.76. The van der Waals surface area contributed by atoms with Crippen molar-refractivity contribution in [3.63, 3.8) is 0 Å². The average Bonchev–Trinajstić information content (AvgIpc) is 2.52. The van der Waals surface area contributed by atoms with Crippen molar-refractivity contribution in [2.24, 2.45) is 0 Å². The molecule has 22 heavy (non-hydrogen) atoms. The number of hydrogen-bond donors (Lipinski definition) is 0. The number of hydrogen-bond acceptors (Lipinski definition) is 2. The summed E-state index contributed by atoms with van der Waals surface area (Å²) in [4.78, 5) is 17.4. The van der Waals surface area contributed by atoms with E-state index in [1.54, 1.807) is 36.4 Å². The number of nitrogens with zero attached hydrogens (tertiary/aromatic N) is 2. The fourth-order valence-electron chi connectivity index (χ4n) is 1.99. The third kappa shape index (κ3) is 4.87. The summed E-state index contributed by atoms with van der Waals surface area (Å²) >= 11 is 0. The summed E-state index contributed by atoms with van der Waals surface area (Å²) in [5.41, 5.74) is 1.06. The third-order valence-corrected chi connectivity index (χ3v) is 3.08. The summed E-state index contributed by atoms with van der Waals surface area (Å²) in [6.07, 6.45) is -2.47. The number of carbonyl (C=O) groups excluding carboxylic acids is 1. The molecule has 3 nitrogen and oxygen atoms in total. The van der Waals surface area contributed by atoms with Gasteiger partial charge < -0.3 is 4.90 Å². The van der Waals surface area contributed by atoms with Crippen LogP contribution < -0.4 is 0 Å². The van der Waals surface area contributed by atoms with Crippen LogP contribution in [0.5, 0.6) is 0 Å². The molecule has 0 aliphatic heterocycles. The normalized spacial score (nSPS) is 11.2. The van der Waals surface area contributed by atoms with Crippen LogP contribution in [0, 0.1) is 0 Å². The molecule has 0 atom stereocenters. The second kappa shape index (κ2) is 7.06. The zero-order chi connectivity index (χ0) is 16.0. The van der Waals surface area contributed by atoms with Gasteiger partial charge in [0, 0.05) is 25.5 Å². The molecular weight excluding hydrogens is 293 g/mol. The lowest BCUT2D eigenvalue weighted by Gasteiger charge is -2.23. The van der Waals surface area contributed by atoms with Gasteiger partial charge in [-0.1, -0.05) is 30.3 Å². The highest BCUT2D eigenvalue weighted by Crippen LogP contribution is 2.21. The maximum absolute atomic E-state index is 12.5. The topological polar surface area (TPSA) is 33.2 Å². The maximum atomic E-state index is 12.5. The molecule has 0 fully saturated rings. The summed E-state index contributed by atoms with van der Waals surface area (Å²) < 4.78 is 37.4. The predicted molar refractivity (Wildman–Crippen MR) is 76.1 cm³/mol. The molecule has 1 heterocycles. The van der Waals surface area contributed by atoms with Gasteiger partial charge in [0.25, 0.3) is 5.91 Å². The first kappa shape index (κ1) is 16.0. The van der Waals surface area contributed by atoms with Crippen molar-refractivity contribution < 1.29 is 18.0 Å². The highest BCUT2D eigenvalue weighted by atomic mass is 19.4. The van der Waals surface area contributed by atoms with Crippen molar-refractivity contribution in [1.29, 1.82) is 0 Å². The summed E-state index contributed by atoms with van der Waals surface area (Å²) in [5, 5.41) is 0. The minimum absolute atomic E-state index is 0.130. The fraction of sp³-hybridized carbons (Fsp3) is 0.250. The Morgan fingerprint density at radius 2 is 1.82 bits per heavy atom. The minimum atomic E-state index is -4.30. The predicted octanol–water partition coefficient (Wildman–Crippen LogP) is 3.68. The van der Waals surface area contributed by atoms with Gasteiger partial charge in [-0.2, -0.15) is 13.2 Å². The molecule has 2 rings (SSSR count). The summed E-state index contributed by atoms with van der Waals surface area (Å²) in [7, 11) is 0. The van der Waals surface area contributed by atoms with E-state index in [9.17, 15) is 18.0 Å². The summed E-state index contributed by atoms with van der Waals surface area (Å²) in [6, 6.07) is 12.1. The molecule has 0 N–H and O–H groups in total. The Kier molecular flexibility index (Phi) is 5.14. The molecule has 0 aliphatic carbocycles. The zero-order valence-electron chi connectivity index (χ0n) is 11.8. The van der Waals surface area contributed by atoms with Crippen LogP contribution in [0.15, 0.2) is 54.9 Å². The second-order valence-corrected chi connectivity index (χ2v) is 4.82. The van der Waals surface area contributed by atoms with Gasteiger partial charge in [0.15, 0.2) is 0 Å². The van der Waals surface area contributed by atoms with Gasteiger partial charge in [-0.25, -0.2) is 0 Å². The monoisotopic (exact) mass is 308 g/mol. The molecule has 0 unspecified atom stereocenters. The van der Waals surface area contributed by atoms with Crippen molar-refractivity contribution >= 4 is 5.91 Å². The third-order valence-electron chi connectivity index (χ3n) is 3.08. The molecule has 0 saturated carbocycles.